The SMILES string of the molecule is O=C(c1cccc(Br)c1)N1CCCC1c1ccc2c(c1)OCCCO2. The van der Waals surface area contributed by atoms with E-state index < -0.39 is 0 Å². The van der Waals surface area contributed by atoms with Crippen LogP contribution in [0, 0.1) is 0 Å². The van der Waals surface area contributed by atoms with E-state index in [9.17, 15) is 4.79 Å². The predicted octanol–water partition coefficient (Wildman–Crippen LogP) is 4.59. The zero-order chi connectivity index (χ0) is 17.2. The molecular weight excluding hydrogens is 382 g/mol. The van der Waals surface area contributed by atoms with Gasteiger partial charge in [0.05, 0.1) is 19.3 Å². The second-order valence-electron chi connectivity index (χ2n) is 6.42. The van der Waals surface area contributed by atoms with Crippen molar-refractivity contribution in [3.05, 3.63) is 58.1 Å². The Labute approximate surface area is 155 Å². The molecule has 4 nitrogen and oxygen atoms in total. The number of nitrogens with zero attached hydrogens (tertiary/aromatic N) is 1. The van der Waals surface area contributed by atoms with E-state index in [-0.39, 0.29) is 11.9 Å². The van der Waals surface area contributed by atoms with E-state index >= 15 is 0 Å². The molecule has 130 valence electrons. The van der Waals surface area contributed by atoms with Crippen LogP contribution < -0.4 is 9.47 Å². The molecule has 2 aliphatic rings. The van der Waals surface area contributed by atoms with E-state index in [1.54, 1.807) is 0 Å². The first-order chi connectivity index (χ1) is 12.2. The predicted molar refractivity (Wildman–Crippen MR) is 99.2 cm³/mol. The second-order valence-corrected chi connectivity index (χ2v) is 7.34. The van der Waals surface area contributed by atoms with Crippen LogP contribution in [0.4, 0.5) is 0 Å². The van der Waals surface area contributed by atoms with Crippen molar-refractivity contribution in [1.29, 1.82) is 0 Å². The lowest BCUT2D eigenvalue weighted by atomic mass is 10.0. The van der Waals surface area contributed by atoms with Crippen molar-refractivity contribution in [2.75, 3.05) is 19.8 Å². The minimum atomic E-state index is 0.0795. The van der Waals surface area contributed by atoms with Gasteiger partial charge in [0.25, 0.3) is 5.91 Å². The quantitative estimate of drug-likeness (QED) is 0.738. The van der Waals surface area contributed by atoms with Crippen molar-refractivity contribution in [3.8, 4) is 11.5 Å². The van der Waals surface area contributed by atoms with E-state index in [2.05, 4.69) is 22.0 Å². The molecule has 1 amide bonds. The molecule has 25 heavy (non-hydrogen) atoms. The highest BCUT2D eigenvalue weighted by atomic mass is 79.9. The molecule has 0 radical (unpaired) electrons. The van der Waals surface area contributed by atoms with Gasteiger partial charge in [-0.3, -0.25) is 4.79 Å². The lowest BCUT2D eigenvalue weighted by Crippen LogP contribution is -2.30. The van der Waals surface area contributed by atoms with Crippen LogP contribution in [0.2, 0.25) is 0 Å². The molecule has 2 heterocycles. The number of likely N-dealkylation sites (tertiary alicyclic amines) is 1. The van der Waals surface area contributed by atoms with E-state index in [1.807, 2.05) is 41.3 Å². The van der Waals surface area contributed by atoms with Crippen molar-refractivity contribution in [2.24, 2.45) is 0 Å². The maximum Gasteiger partial charge on any atom is 0.254 e. The van der Waals surface area contributed by atoms with Gasteiger partial charge in [0, 0.05) is 23.0 Å². The summed E-state index contributed by atoms with van der Waals surface area (Å²) in [5.74, 6) is 1.66. The number of hydrogen-bond donors (Lipinski definition) is 0. The summed E-state index contributed by atoms with van der Waals surface area (Å²) in [6.07, 6.45) is 2.87. The van der Waals surface area contributed by atoms with Crippen molar-refractivity contribution in [3.63, 3.8) is 0 Å². The Morgan fingerprint density at radius 1 is 1.04 bits per heavy atom. The lowest BCUT2D eigenvalue weighted by molar-refractivity contribution is 0.0735. The second kappa shape index (κ2) is 7.08. The van der Waals surface area contributed by atoms with Crippen LogP contribution >= 0.6 is 15.9 Å². The van der Waals surface area contributed by atoms with Crippen molar-refractivity contribution >= 4 is 21.8 Å². The average Bonchev–Trinajstić information content (AvgIpc) is 2.99. The standard InChI is InChI=1S/C20H20BrNO3/c21-16-5-1-4-15(12-16)20(23)22-9-2-6-17(22)14-7-8-18-19(13-14)25-11-3-10-24-18/h1,4-5,7-8,12-13,17H,2-3,6,9-11H2. The molecule has 2 aromatic carbocycles. The molecular formula is C20H20BrNO3. The topological polar surface area (TPSA) is 38.8 Å². The number of hydrogen-bond acceptors (Lipinski definition) is 3. The van der Waals surface area contributed by atoms with Crippen LogP contribution in [0.5, 0.6) is 11.5 Å². The van der Waals surface area contributed by atoms with Gasteiger partial charge in [0.2, 0.25) is 0 Å². The maximum absolute atomic E-state index is 13.0. The van der Waals surface area contributed by atoms with Gasteiger partial charge in [-0.2, -0.15) is 0 Å². The van der Waals surface area contributed by atoms with Crippen molar-refractivity contribution in [2.45, 2.75) is 25.3 Å². The van der Waals surface area contributed by atoms with Gasteiger partial charge in [-0.05, 0) is 48.7 Å². The molecule has 0 aromatic heterocycles. The number of fused-ring (bicyclic) bond motifs is 1. The van der Waals surface area contributed by atoms with Crippen LogP contribution in [0.3, 0.4) is 0 Å². The Kier molecular flexibility index (Phi) is 4.66. The zero-order valence-corrected chi connectivity index (χ0v) is 15.5. The molecule has 0 saturated carbocycles. The summed E-state index contributed by atoms with van der Waals surface area (Å²) in [4.78, 5) is 14.9. The molecule has 0 N–H and O–H groups in total. The highest BCUT2D eigenvalue weighted by Crippen LogP contribution is 2.38. The normalized spacial score (nSPS) is 19.6. The van der Waals surface area contributed by atoms with Gasteiger partial charge >= 0.3 is 0 Å². The summed E-state index contributed by atoms with van der Waals surface area (Å²) in [7, 11) is 0. The molecule has 5 heteroatoms. The number of amides is 1. The first kappa shape index (κ1) is 16.5. The van der Waals surface area contributed by atoms with Crippen LogP contribution in [-0.2, 0) is 0 Å². The lowest BCUT2D eigenvalue weighted by Gasteiger charge is -2.26. The molecule has 1 fully saturated rings. The van der Waals surface area contributed by atoms with Crippen LogP contribution in [0.15, 0.2) is 46.9 Å². The van der Waals surface area contributed by atoms with Crippen molar-refractivity contribution < 1.29 is 14.3 Å². The Hall–Kier alpha value is -2.01. The minimum Gasteiger partial charge on any atom is -0.490 e. The van der Waals surface area contributed by atoms with E-state index in [1.165, 1.54) is 0 Å². The van der Waals surface area contributed by atoms with Crippen molar-refractivity contribution in [1.82, 2.24) is 4.90 Å². The molecule has 1 unspecified atom stereocenters. The van der Waals surface area contributed by atoms with Gasteiger partial charge < -0.3 is 14.4 Å². The molecule has 0 bridgehead atoms. The summed E-state index contributed by atoms with van der Waals surface area (Å²) < 4.78 is 12.4. The highest BCUT2D eigenvalue weighted by molar-refractivity contribution is 9.10. The minimum absolute atomic E-state index is 0.0795. The number of benzene rings is 2. The summed E-state index contributed by atoms with van der Waals surface area (Å²) >= 11 is 3.45. The maximum atomic E-state index is 13.0. The molecule has 1 saturated heterocycles. The largest absolute Gasteiger partial charge is 0.490 e. The number of carbonyl (C=O) groups is 1. The molecule has 1 atom stereocenters. The van der Waals surface area contributed by atoms with Crippen LogP contribution in [0.25, 0.3) is 0 Å². The summed E-state index contributed by atoms with van der Waals surface area (Å²) in [6, 6.07) is 13.7. The first-order valence-corrected chi connectivity index (χ1v) is 9.48. The van der Waals surface area contributed by atoms with Gasteiger partial charge in [0.1, 0.15) is 0 Å². The number of halogens is 1. The molecule has 4 rings (SSSR count). The van der Waals surface area contributed by atoms with Gasteiger partial charge in [0.15, 0.2) is 11.5 Å². The molecule has 2 aromatic rings. The molecule has 0 aliphatic carbocycles. The third-order valence-corrected chi connectivity index (χ3v) is 5.23. The number of carbonyl (C=O) groups excluding carboxylic acids is 1. The van der Waals surface area contributed by atoms with E-state index in [4.69, 9.17) is 9.47 Å². The average molecular weight is 402 g/mol. The Morgan fingerprint density at radius 3 is 2.72 bits per heavy atom. The highest BCUT2D eigenvalue weighted by Gasteiger charge is 2.31. The third kappa shape index (κ3) is 3.38. The third-order valence-electron chi connectivity index (χ3n) is 4.74. The fraction of sp³-hybridized carbons (Fsp3) is 0.350. The summed E-state index contributed by atoms with van der Waals surface area (Å²) in [5, 5.41) is 0. The van der Waals surface area contributed by atoms with Gasteiger partial charge in [-0.1, -0.05) is 28.1 Å². The Balaban J connectivity index is 1.61. The fourth-order valence-electron chi connectivity index (χ4n) is 3.53. The van der Waals surface area contributed by atoms with E-state index in [0.717, 1.165) is 52.9 Å². The molecule has 0 spiro atoms. The van der Waals surface area contributed by atoms with Crippen LogP contribution in [-0.4, -0.2) is 30.6 Å². The monoisotopic (exact) mass is 401 g/mol. The van der Waals surface area contributed by atoms with Gasteiger partial charge in [-0.15, -0.1) is 0 Å². The van der Waals surface area contributed by atoms with E-state index in [0.29, 0.717) is 13.2 Å². The first-order valence-electron chi connectivity index (χ1n) is 8.68. The number of ether oxygens (including phenoxy) is 2. The van der Waals surface area contributed by atoms with Crippen LogP contribution in [0.1, 0.15) is 41.2 Å². The number of rotatable bonds is 2. The fourth-order valence-corrected chi connectivity index (χ4v) is 3.93. The zero-order valence-electron chi connectivity index (χ0n) is 13.9. The Bertz CT molecular complexity index is 792. The molecule has 2 aliphatic heterocycles. The summed E-state index contributed by atoms with van der Waals surface area (Å²) in [5.41, 5.74) is 1.83. The summed E-state index contributed by atoms with van der Waals surface area (Å²) in [6.45, 7) is 2.13. The van der Waals surface area contributed by atoms with Gasteiger partial charge in [-0.25, -0.2) is 0 Å². The smallest absolute Gasteiger partial charge is 0.254 e. The Morgan fingerprint density at radius 2 is 1.88 bits per heavy atom.